The third kappa shape index (κ3) is 4.14. The molecule has 2 heterocycles. The van der Waals surface area contributed by atoms with Crippen molar-refractivity contribution < 1.29 is 45.5 Å². The minimum atomic E-state index is -4.89. The van der Waals surface area contributed by atoms with Crippen LogP contribution in [0, 0.1) is 0 Å². The lowest BCUT2D eigenvalue weighted by Gasteiger charge is -2.25. The van der Waals surface area contributed by atoms with Gasteiger partial charge in [0, 0.05) is 19.5 Å². The zero-order valence-electron chi connectivity index (χ0n) is 13.3. The molecular formula is C14H11F3N2O7S. The first-order valence-electron chi connectivity index (χ1n) is 7.30. The second kappa shape index (κ2) is 6.74. The summed E-state index contributed by atoms with van der Waals surface area (Å²) < 4.78 is 76.1. The van der Waals surface area contributed by atoms with E-state index in [0.29, 0.717) is 5.76 Å². The molecule has 0 saturated carbocycles. The van der Waals surface area contributed by atoms with Gasteiger partial charge in [-0.2, -0.15) is 4.31 Å². The number of halogens is 3. The maximum absolute atomic E-state index is 12.7. The maximum atomic E-state index is 12.7. The molecule has 0 spiro atoms. The van der Waals surface area contributed by atoms with E-state index in [1.807, 2.05) is 0 Å². The largest absolute Gasteiger partial charge is 0.573 e. The van der Waals surface area contributed by atoms with Crippen LogP contribution in [0.25, 0.3) is 0 Å². The molecule has 0 bridgehead atoms. The maximum Gasteiger partial charge on any atom is 0.573 e. The van der Waals surface area contributed by atoms with E-state index in [9.17, 15) is 26.4 Å². The monoisotopic (exact) mass is 408 g/mol. The number of alkyl halides is 3. The first-order chi connectivity index (χ1) is 12.6. The summed E-state index contributed by atoms with van der Waals surface area (Å²) in [5, 5.41) is 12.1. The average Bonchev–Trinajstić information content (AvgIpc) is 2.95. The van der Waals surface area contributed by atoms with Crippen molar-refractivity contribution in [3.63, 3.8) is 0 Å². The smallest absolute Gasteiger partial charge is 0.449 e. The van der Waals surface area contributed by atoms with Crippen molar-refractivity contribution in [2.45, 2.75) is 24.2 Å². The first kappa shape index (κ1) is 19.0. The van der Waals surface area contributed by atoms with Crippen molar-refractivity contribution in [1.29, 1.82) is 0 Å². The Morgan fingerprint density at radius 1 is 1.26 bits per heavy atom. The number of carboxylic acid groups (broad SMARTS) is 1. The van der Waals surface area contributed by atoms with Gasteiger partial charge in [0.2, 0.25) is 10.0 Å². The molecule has 1 aliphatic heterocycles. The van der Waals surface area contributed by atoms with Gasteiger partial charge >= 0.3 is 12.5 Å². The van der Waals surface area contributed by atoms with Gasteiger partial charge in [0.05, 0.1) is 10.5 Å². The summed E-state index contributed by atoms with van der Waals surface area (Å²) in [5.74, 6) is -0.614. The van der Waals surface area contributed by atoms with E-state index >= 15 is 0 Å². The number of nitrogens with zero attached hydrogens (tertiary/aromatic N) is 2. The Morgan fingerprint density at radius 3 is 2.52 bits per heavy atom. The minimum Gasteiger partial charge on any atom is -0.449 e. The van der Waals surface area contributed by atoms with Gasteiger partial charge in [-0.15, -0.1) is 13.2 Å². The summed E-state index contributed by atoms with van der Waals surface area (Å²) in [4.78, 5) is 10.4. The minimum absolute atomic E-state index is 0.0117. The molecule has 0 saturated heterocycles. The van der Waals surface area contributed by atoms with E-state index in [0.717, 1.165) is 28.6 Å². The molecule has 3 rings (SSSR count). The standard InChI is InChI=1S/C14H11F3N2O7S/c15-14(16,17)25-8-1-3-9(4-2-8)27(22,23)19-6-5-11-10(7-19)12(18-26-11)24-13(20)21/h1-4H,5-7H2,(H,20,21). The predicted molar refractivity (Wildman–Crippen MR) is 79.6 cm³/mol. The lowest BCUT2D eigenvalue weighted by atomic mass is 10.1. The van der Waals surface area contributed by atoms with Crippen molar-refractivity contribution in [2.75, 3.05) is 6.54 Å². The number of fused-ring (bicyclic) bond motifs is 1. The molecule has 1 aromatic heterocycles. The summed E-state index contributed by atoms with van der Waals surface area (Å²) in [6, 6.07) is 3.73. The van der Waals surface area contributed by atoms with Crippen LogP contribution < -0.4 is 9.47 Å². The van der Waals surface area contributed by atoms with Gasteiger partial charge < -0.3 is 19.1 Å². The number of rotatable bonds is 4. The number of carbonyl (C=O) groups is 1. The Kier molecular flexibility index (Phi) is 4.73. The van der Waals surface area contributed by atoms with E-state index in [-0.39, 0.29) is 35.8 Å². The Bertz CT molecular complexity index is 954. The SMILES string of the molecule is O=C(O)Oc1noc2c1CN(S(=O)(=O)c1ccc(OC(F)(F)F)cc1)CC2. The molecule has 0 radical (unpaired) electrons. The molecule has 0 atom stereocenters. The van der Waals surface area contributed by atoms with E-state index in [2.05, 4.69) is 14.6 Å². The first-order valence-corrected chi connectivity index (χ1v) is 8.74. The van der Waals surface area contributed by atoms with Gasteiger partial charge in [-0.3, -0.25) is 0 Å². The van der Waals surface area contributed by atoms with Gasteiger partial charge in [0.15, 0.2) is 0 Å². The van der Waals surface area contributed by atoms with Crippen LogP contribution in [0.3, 0.4) is 0 Å². The topological polar surface area (TPSA) is 119 Å². The van der Waals surface area contributed by atoms with Crippen molar-refractivity contribution in [3.05, 3.63) is 35.6 Å². The number of sulfonamides is 1. The number of ether oxygens (including phenoxy) is 2. The zero-order chi connectivity index (χ0) is 19.8. The van der Waals surface area contributed by atoms with Crippen LogP contribution in [0.4, 0.5) is 18.0 Å². The van der Waals surface area contributed by atoms with E-state index in [1.54, 1.807) is 0 Å². The second-order valence-electron chi connectivity index (χ2n) is 5.37. The van der Waals surface area contributed by atoms with E-state index < -0.39 is 28.3 Å². The van der Waals surface area contributed by atoms with Gasteiger partial charge in [-0.25, -0.2) is 13.2 Å². The van der Waals surface area contributed by atoms with E-state index in [1.165, 1.54) is 0 Å². The predicted octanol–water partition coefficient (Wildman–Crippen LogP) is 2.38. The molecule has 1 aliphatic rings. The molecule has 2 aromatic rings. The molecule has 1 N–H and O–H groups in total. The van der Waals surface area contributed by atoms with E-state index in [4.69, 9.17) is 9.63 Å². The van der Waals surface area contributed by atoms with Crippen molar-refractivity contribution >= 4 is 16.2 Å². The third-order valence-corrected chi connectivity index (χ3v) is 5.49. The molecule has 9 nitrogen and oxygen atoms in total. The molecular weight excluding hydrogens is 397 g/mol. The lowest BCUT2D eigenvalue weighted by molar-refractivity contribution is -0.274. The quantitative estimate of drug-likeness (QED) is 0.766. The second-order valence-corrected chi connectivity index (χ2v) is 7.30. The number of aromatic nitrogens is 1. The highest BCUT2D eigenvalue weighted by Crippen LogP contribution is 2.31. The molecule has 0 aliphatic carbocycles. The molecule has 0 unspecified atom stereocenters. The fourth-order valence-corrected chi connectivity index (χ4v) is 3.90. The Labute approximate surface area is 149 Å². The summed E-state index contributed by atoms with van der Waals surface area (Å²) in [6.45, 7) is -0.248. The normalized spacial score (nSPS) is 15.2. The lowest BCUT2D eigenvalue weighted by Crippen LogP contribution is -2.35. The van der Waals surface area contributed by atoms with Gasteiger partial charge in [0.25, 0.3) is 5.88 Å². The summed E-state index contributed by atoms with van der Waals surface area (Å²) >= 11 is 0. The molecule has 0 amide bonds. The Hall–Kier alpha value is -2.80. The number of benzene rings is 1. The number of hydrogen-bond acceptors (Lipinski definition) is 7. The fourth-order valence-electron chi connectivity index (χ4n) is 2.49. The van der Waals surface area contributed by atoms with Crippen LogP contribution in [0.1, 0.15) is 11.3 Å². The Balaban J connectivity index is 1.82. The summed E-state index contributed by atoms with van der Waals surface area (Å²) in [7, 11) is -4.06. The van der Waals surface area contributed by atoms with Gasteiger partial charge in [-0.05, 0) is 29.4 Å². The number of hydrogen-bond donors (Lipinski definition) is 1. The van der Waals surface area contributed by atoms with Crippen LogP contribution in [0.15, 0.2) is 33.7 Å². The summed E-state index contributed by atoms with van der Waals surface area (Å²) in [6.07, 6.45) is -6.40. The van der Waals surface area contributed by atoms with Crippen LogP contribution >= 0.6 is 0 Å². The molecule has 13 heteroatoms. The van der Waals surface area contributed by atoms with Crippen molar-refractivity contribution in [1.82, 2.24) is 9.46 Å². The van der Waals surface area contributed by atoms with Crippen LogP contribution in [0.2, 0.25) is 0 Å². The van der Waals surface area contributed by atoms with Gasteiger partial charge in [0.1, 0.15) is 11.5 Å². The average molecular weight is 408 g/mol. The van der Waals surface area contributed by atoms with Gasteiger partial charge in [-0.1, -0.05) is 0 Å². The molecule has 1 aromatic carbocycles. The fraction of sp³-hybridized carbons (Fsp3) is 0.286. The molecule has 0 fully saturated rings. The molecule has 146 valence electrons. The summed E-state index contributed by atoms with van der Waals surface area (Å²) in [5.41, 5.74) is 0.171. The highest BCUT2D eigenvalue weighted by molar-refractivity contribution is 7.89. The van der Waals surface area contributed by atoms with Crippen molar-refractivity contribution in [2.24, 2.45) is 0 Å². The van der Waals surface area contributed by atoms with Crippen LogP contribution in [0.5, 0.6) is 11.6 Å². The Morgan fingerprint density at radius 2 is 1.93 bits per heavy atom. The highest BCUT2D eigenvalue weighted by atomic mass is 32.2. The molecule has 27 heavy (non-hydrogen) atoms. The zero-order valence-corrected chi connectivity index (χ0v) is 14.1. The highest BCUT2D eigenvalue weighted by Gasteiger charge is 2.34. The third-order valence-electron chi connectivity index (χ3n) is 3.64. The van der Waals surface area contributed by atoms with Crippen LogP contribution in [-0.2, 0) is 23.0 Å². The van der Waals surface area contributed by atoms with Crippen molar-refractivity contribution in [3.8, 4) is 11.6 Å². The van der Waals surface area contributed by atoms with Crippen LogP contribution in [-0.4, -0.2) is 42.0 Å².